The molecule has 0 bridgehead atoms. The van der Waals surface area contributed by atoms with Crippen molar-refractivity contribution in [3.8, 4) is 22.8 Å². The lowest BCUT2D eigenvalue weighted by molar-refractivity contribution is 0.826. The standard InChI is InChI=1S/C20H13N7/c1-2-6-14(7-3-1)18-16(12-15-8-4-5-9-22-15)20-24-19(26-27(20)25-18)17-13-21-10-11-23-17/h1-13H. The quantitative estimate of drug-likeness (QED) is 0.496. The Morgan fingerprint density at radius 3 is 2.48 bits per heavy atom. The highest BCUT2D eigenvalue weighted by atomic mass is 15.5. The van der Waals surface area contributed by atoms with Gasteiger partial charge in [-0.05, 0) is 18.2 Å². The summed E-state index contributed by atoms with van der Waals surface area (Å²) < 4.78 is 1.54. The minimum atomic E-state index is 0.487. The van der Waals surface area contributed by atoms with Crippen LogP contribution in [0.1, 0.15) is 5.69 Å². The largest absolute Gasteiger partial charge is 0.261 e. The third-order valence-corrected chi connectivity index (χ3v) is 4.10. The van der Waals surface area contributed by atoms with Crippen LogP contribution in [-0.4, -0.2) is 34.8 Å². The molecule has 4 heterocycles. The van der Waals surface area contributed by atoms with Crippen molar-refractivity contribution >= 4 is 11.7 Å². The van der Waals surface area contributed by atoms with E-state index in [1.54, 1.807) is 29.4 Å². The minimum absolute atomic E-state index is 0.487. The highest BCUT2D eigenvalue weighted by molar-refractivity contribution is 5.70. The Kier molecular flexibility index (Phi) is 3.61. The van der Waals surface area contributed by atoms with Gasteiger partial charge in [0.1, 0.15) is 11.4 Å². The smallest absolute Gasteiger partial charge is 0.204 e. The molecule has 4 aromatic heterocycles. The lowest BCUT2D eigenvalue weighted by Crippen LogP contribution is -2.04. The van der Waals surface area contributed by atoms with Crippen molar-refractivity contribution < 1.29 is 0 Å². The van der Waals surface area contributed by atoms with Crippen molar-refractivity contribution in [2.75, 3.05) is 0 Å². The Labute approximate surface area is 154 Å². The fourth-order valence-electron chi connectivity index (χ4n) is 2.87. The molecule has 0 fully saturated rings. The Hall–Kier alpha value is -4.00. The Morgan fingerprint density at radius 1 is 0.815 bits per heavy atom. The van der Waals surface area contributed by atoms with Gasteiger partial charge in [-0.3, -0.25) is 9.97 Å². The molecule has 0 saturated heterocycles. The molecular formula is C20H13N7. The van der Waals surface area contributed by atoms with Gasteiger partial charge < -0.3 is 0 Å². The topological polar surface area (TPSA) is 81.8 Å². The second-order valence-corrected chi connectivity index (χ2v) is 5.87. The van der Waals surface area contributed by atoms with Gasteiger partial charge in [-0.1, -0.05) is 36.4 Å². The average molecular weight is 351 g/mol. The van der Waals surface area contributed by atoms with Crippen LogP contribution in [0.3, 0.4) is 0 Å². The van der Waals surface area contributed by atoms with E-state index in [-0.39, 0.29) is 0 Å². The summed E-state index contributed by atoms with van der Waals surface area (Å²) in [5, 5.41) is 10.0. The number of pyridine rings is 1. The molecule has 5 aromatic rings. The van der Waals surface area contributed by atoms with E-state index in [0.717, 1.165) is 22.2 Å². The fourth-order valence-corrected chi connectivity index (χ4v) is 2.87. The number of rotatable bonds is 3. The summed E-state index contributed by atoms with van der Waals surface area (Å²) in [6, 6.07) is 15.7. The van der Waals surface area contributed by atoms with Crippen LogP contribution >= 0.6 is 0 Å². The van der Waals surface area contributed by atoms with Gasteiger partial charge in [0.2, 0.25) is 5.82 Å². The van der Waals surface area contributed by atoms with Gasteiger partial charge in [0.05, 0.1) is 17.1 Å². The Morgan fingerprint density at radius 2 is 1.70 bits per heavy atom. The van der Waals surface area contributed by atoms with E-state index < -0.39 is 0 Å². The summed E-state index contributed by atoms with van der Waals surface area (Å²) in [7, 11) is 0. The zero-order valence-electron chi connectivity index (χ0n) is 14.1. The van der Waals surface area contributed by atoms with E-state index in [4.69, 9.17) is 0 Å². The van der Waals surface area contributed by atoms with Gasteiger partial charge in [0.25, 0.3) is 0 Å². The summed E-state index contributed by atoms with van der Waals surface area (Å²) in [6.07, 6.45) is 8.60. The average Bonchev–Trinajstić information content (AvgIpc) is 3.30. The van der Waals surface area contributed by atoms with Crippen molar-refractivity contribution in [1.29, 1.82) is 0 Å². The van der Waals surface area contributed by atoms with E-state index in [2.05, 4.69) is 30.1 Å². The Balaban J connectivity index is 1.77. The first kappa shape index (κ1) is 15.3. The van der Waals surface area contributed by atoms with Gasteiger partial charge in [-0.25, -0.2) is 9.97 Å². The van der Waals surface area contributed by atoms with E-state index >= 15 is 0 Å². The van der Waals surface area contributed by atoms with Gasteiger partial charge >= 0.3 is 0 Å². The predicted molar refractivity (Wildman–Crippen MR) is 100 cm³/mol. The normalized spacial score (nSPS) is 11.9. The molecule has 128 valence electrons. The van der Waals surface area contributed by atoms with Crippen LogP contribution < -0.4 is 5.22 Å². The van der Waals surface area contributed by atoms with Gasteiger partial charge in [0.15, 0.2) is 5.65 Å². The van der Waals surface area contributed by atoms with Crippen LogP contribution in [0.15, 0.2) is 73.3 Å². The molecule has 7 heteroatoms. The van der Waals surface area contributed by atoms with Crippen molar-refractivity contribution in [1.82, 2.24) is 34.8 Å². The lowest BCUT2D eigenvalue weighted by Gasteiger charge is -1.96. The summed E-state index contributed by atoms with van der Waals surface area (Å²) in [5.74, 6) is 0.487. The number of benzene rings is 1. The van der Waals surface area contributed by atoms with E-state index in [0.29, 0.717) is 17.2 Å². The zero-order valence-corrected chi connectivity index (χ0v) is 14.1. The molecule has 0 aliphatic carbocycles. The SMILES string of the molecule is C(c1ccccn1)=c1c(-c2ccccc2)nn2nc(-c3cnccn3)nc12. The molecule has 5 rings (SSSR count). The zero-order chi connectivity index (χ0) is 18.1. The second-order valence-electron chi connectivity index (χ2n) is 5.87. The van der Waals surface area contributed by atoms with Crippen LogP contribution in [0.5, 0.6) is 0 Å². The molecule has 7 nitrogen and oxygen atoms in total. The Bertz CT molecular complexity index is 1250. The number of hydrogen-bond acceptors (Lipinski definition) is 6. The molecule has 0 aliphatic heterocycles. The van der Waals surface area contributed by atoms with Crippen LogP contribution in [-0.2, 0) is 0 Å². The summed E-state index contributed by atoms with van der Waals surface area (Å²) in [6.45, 7) is 0. The van der Waals surface area contributed by atoms with Crippen molar-refractivity contribution in [2.24, 2.45) is 0 Å². The first-order chi connectivity index (χ1) is 13.4. The molecule has 0 aliphatic rings. The van der Waals surface area contributed by atoms with Gasteiger partial charge in [-0.2, -0.15) is 0 Å². The number of fused-ring (bicyclic) bond motifs is 1. The predicted octanol–water partition coefficient (Wildman–Crippen LogP) is 2.19. The molecule has 0 spiro atoms. The molecule has 1 aromatic carbocycles. The molecule has 0 amide bonds. The number of nitrogens with zero attached hydrogens (tertiary/aromatic N) is 7. The molecule has 0 radical (unpaired) electrons. The van der Waals surface area contributed by atoms with E-state index in [1.165, 1.54) is 0 Å². The third-order valence-electron chi connectivity index (χ3n) is 4.10. The van der Waals surface area contributed by atoms with Crippen molar-refractivity contribution in [2.45, 2.75) is 0 Å². The molecule has 27 heavy (non-hydrogen) atoms. The van der Waals surface area contributed by atoms with E-state index in [1.807, 2.05) is 54.6 Å². The molecule has 0 atom stereocenters. The van der Waals surface area contributed by atoms with Crippen LogP contribution in [0, 0.1) is 0 Å². The molecular weight excluding hydrogens is 338 g/mol. The molecule has 0 N–H and O–H groups in total. The summed E-state index contributed by atoms with van der Waals surface area (Å²) >= 11 is 0. The third kappa shape index (κ3) is 2.81. The maximum Gasteiger partial charge on any atom is 0.204 e. The monoisotopic (exact) mass is 351 g/mol. The highest BCUT2D eigenvalue weighted by Gasteiger charge is 2.16. The maximum absolute atomic E-state index is 4.66. The molecule has 0 unspecified atom stereocenters. The van der Waals surface area contributed by atoms with Crippen molar-refractivity contribution in [3.05, 3.63) is 84.2 Å². The summed E-state index contributed by atoms with van der Waals surface area (Å²) in [5.41, 5.74) is 3.89. The number of aromatic nitrogens is 7. The first-order valence-electron chi connectivity index (χ1n) is 8.40. The van der Waals surface area contributed by atoms with Gasteiger partial charge in [0, 0.05) is 24.2 Å². The number of hydrogen-bond donors (Lipinski definition) is 0. The maximum atomic E-state index is 4.66. The van der Waals surface area contributed by atoms with E-state index in [9.17, 15) is 0 Å². The van der Waals surface area contributed by atoms with Gasteiger partial charge in [-0.15, -0.1) is 14.8 Å². The molecule has 0 saturated carbocycles. The summed E-state index contributed by atoms with van der Waals surface area (Å²) in [4.78, 5) is 17.4. The lowest BCUT2D eigenvalue weighted by atomic mass is 10.1. The first-order valence-corrected chi connectivity index (χ1v) is 8.40. The van der Waals surface area contributed by atoms with Crippen LogP contribution in [0.25, 0.3) is 34.5 Å². The van der Waals surface area contributed by atoms with Crippen molar-refractivity contribution in [3.63, 3.8) is 0 Å². The fraction of sp³-hybridized carbons (Fsp3) is 0. The van der Waals surface area contributed by atoms with Crippen LogP contribution in [0.2, 0.25) is 0 Å². The van der Waals surface area contributed by atoms with Crippen LogP contribution in [0.4, 0.5) is 0 Å². The second kappa shape index (κ2) is 6.38. The minimum Gasteiger partial charge on any atom is -0.261 e. The highest BCUT2D eigenvalue weighted by Crippen LogP contribution is 2.16.